The van der Waals surface area contributed by atoms with Crippen molar-refractivity contribution in [3.8, 4) is 11.5 Å². The van der Waals surface area contributed by atoms with Crippen LogP contribution in [0.5, 0.6) is 11.5 Å². The summed E-state index contributed by atoms with van der Waals surface area (Å²) in [6, 6.07) is 5.94. The second-order valence-electron chi connectivity index (χ2n) is 7.71. The third-order valence-corrected chi connectivity index (χ3v) is 6.62. The largest absolute Gasteiger partial charge is 0.493 e. The molecule has 2 aliphatic rings. The standard InChI is InChI=1S/C21H30N2O5S/c1-14(2)17-12-28-21(25)23(17)15-7-9-22(10-8-15)20(24)13-29-16-5-6-18(26-3)19(11-16)27-4/h5-6,11,14-15,17H,7-10,12-13H2,1-4H3. The zero-order valence-corrected chi connectivity index (χ0v) is 18.4. The van der Waals surface area contributed by atoms with Gasteiger partial charge >= 0.3 is 6.09 Å². The molecule has 3 rings (SSSR count). The first-order chi connectivity index (χ1) is 13.9. The Labute approximate surface area is 176 Å². The normalized spacial score (nSPS) is 20.2. The minimum Gasteiger partial charge on any atom is -0.493 e. The van der Waals surface area contributed by atoms with Crippen molar-refractivity contribution in [3.05, 3.63) is 18.2 Å². The summed E-state index contributed by atoms with van der Waals surface area (Å²) in [6.45, 7) is 6.04. The molecular weight excluding hydrogens is 392 g/mol. The average Bonchev–Trinajstić information content (AvgIpc) is 3.13. The maximum absolute atomic E-state index is 12.7. The van der Waals surface area contributed by atoms with E-state index in [0.29, 0.717) is 42.9 Å². The molecule has 0 aromatic heterocycles. The number of carbonyl (C=O) groups is 2. The van der Waals surface area contributed by atoms with Crippen molar-refractivity contribution in [3.63, 3.8) is 0 Å². The minimum atomic E-state index is -0.211. The summed E-state index contributed by atoms with van der Waals surface area (Å²) in [7, 11) is 3.20. The van der Waals surface area contributed by atoms with Crippen LogP contribution >= 0.6 is 11.8 Å². The van der Waals surface area contributed by atoms with Crippen molar-refractivity contribution in [2.75, 3.05) is 39.7 Å². The number of amides is 2. The SMILES string of the molecule is COc1ccc(SCC(=O)N2CCC(N3C(=O)OCC3C(C)C)CC2)cc1OC. The first-order valence-corrected chi connectivity index (χ1v) is 11.0. The van der Waals surface area contributed by atoms with E-state index in [1.165, 1.54) is 11.8 Å². The first kappa shape index (κ1) is 21.6. The first-order valence-electron chi connectivity index (χ1n) is 10.0. The van der Waals surface area contributed by atoms with Crippen LogP contribution in [0.15, 0.2) is 23.1 Å². The van der Waals surface area contributed by atoms with Crippen molar-refractivity contribution in [1.82, 2.24) is 9.80 Å². The number of thioether (sulfide) groups is 1. The molecule has 0 bridgehead atoms. The Morgan fingerprint density at radius 1 is 1.21 bits per heavy atom. The maximum Gasteiger partial charge on any atom is 0.410 e. The van der Waals surface area contributed by atoms with Gasteiger partial charge in [0.2, 0.25) is 5.91 Å². The zero-order chi connectivity index (χ0) is 21.0. The lowest BCUT2D eigenvalue weighted by Gasteiger charge is -2.38. The van der Waals surface area contributed by atoms with Crippen molar-refractivity contribution in [2.24, 2.45) is 5.92 Å². The van der Waals surface area contributed by atoms with Crippen LogP contribution < -0.4 is 9.47 Å². The van der Waals surface area contributed by atoms with E-state index < -0.39 is 0 Å². The third kappa shape index (κ3) is 4.91. The number of likely N-dealkylation sites (tertiary alicyclic amines) is 1. The highest BCUT2D eigenvalue weighted by Crippen LogP contribution is 2.32. The summed E-state index contributed by atoms with van der Waals surface area (Å²) >= 11 is 1.49. The van der Waals surface area contributed by atoms with Gasteiger partial charge in [0.1, 0.15) is 6.61 Å². The van der Waals surface area contributed by atoms with Gasteiger partial charge in [0, 0.05) is 24.0 Å². The predicted octanol–water partition coefficient (Wildman–Crippen LogP) is 3.26. The van der Waals surface area contributed by atoms with Crippen LogP contribution in [0.1, 0.15) is 26.7 Å². The summed E-state index contributed by atoms with van der Waals surface area (Å²) in [6.07, 6.45) is 1.38. The highest BCUT2D eigenvalue weighted by molar-refractivity contribution is 8.00. The number of hydrogen-bond donors (Lipinski definition) is 0. The van der Waals surface area contributed by atoms with E-state index in [4.69, 9.17) is 14.2 Å². The molecule has 0 aliphatic carbocycles. The highest BCUT2D eigenvalue weighted by Gasteiger charge is 2.41. The van der Waals surface area contributed by atoms with E-state index in [-0.39, 0.29) is 24.1 Å². The molecule has 1 unspecified atom stereocenters. The van der Waals surface area contributed by atoms with Crippen LogP contribution in [0.2, 0.25) is 0 Å². The Morgan fingerprint density at radius 3 is 2.52 bits per heavy atom. The van der Waals surface area contributed by atoms with Gasteiger partial charge in [0.25, 0.3) is 0 Å². The van der Waals surface area contributed by atoms with Gasteiger partial charge in [0.15, 0.2) is 11.5 Å². The van der Waals surface area contributed by atoms with Crippen LogP contribution in [-0.4, -0.2) is 73.6 Å². The number of benzene rings is 1. The summed E-state index contributed by atoms with van der Waals surface area (Å²) in [5.41, 5.74) is 0. The average molecular weight is 423 g/mol. The van der Waals surface area contributed by atoms with Crippen LogP contribution in [0.3, 0.4) is 0 Å². The Hall–Kier alpha value is -2.09. The lowest BCUT2D eigenvalue weighted by Crippen LogP contribution is -2.51. The van der Waals surface area contributed by atoms with Gasteiger partial charge in [0.05, 0.1) is 26.0 Å². The molecule has 160 valence electrons. The molecule has 2 aliphatic heterocycles. The van der Waals surface area contributed by atoms with E-state index in [9.17, 15) is 9.59 Å². The Morgan fingerprint density at radius 2 is 1.90 bits per heavy atom. The number of carbonyl (C=O) groups excluding carboxylic acids is 2. The fourth-order valence-corrected chi connectivity index (χ4v) is 4.74. The number of nitrogens with zero attached hydrogens (tertiary/aromatic N) is 2. The van der Waals surface area contributed by atoms with Gasteiger partial charge in [-0.05, 0) is 37.0 Å². The molecule has 0 radical (unpaired) electrons. The fraction of sp³-hybridized carbons (Fsp3) is 0.619. The Balaban J connectivity index is 1.51. The number of methoxy groups -OCH3 is 2. The third-order valence-electron chi connectivity index (χ3n) is 5.64. The zero-order valence-electron chi connectivity index (χ0n) is 17.6. The molecular formula is C21H30N2O5S. The molecule has 0 saturated carbocycles. The molecule has 1 aromatic rings. The van der Waals surface area contributed by atoms with Gasteiger partial charge in [-0.25, -0.2) is 4.79 Å². The molecule has 29 heavy (non-hydrogen) atoms. The second kappa shape index (κ2) is 9.61. The molecule has 8 heteroatoms. The Bertz CT molecular complexity index is 734. The number of piperidine rings is 1. The molecule has 2 saturated heterocycles. The molecule has 2 heterocycles. The maximum atomic E-state index is 12.7. The minimum absolute atomic E-state index is 0.118. The summed E-state index contributed by atoms with van der Waals surface area (Å²) < 4.78 is 15.8. The number of rotatable bonds is 7. The summed E-state index contributed by atoms with van der Waals surface area (Å²) in [5.74, 6) is 2.18. The number of hydrogen-bond acceptors (Lipinski definition) is 6. The van der Waals surface area contributed by atoms with Crippen molar-refractivity contribution < 1.29 is 23.8 Å². The van der Waals surface area contributed by atoms with Crippen LogP contribution in [0.4, 0.5) is 4.79 Å². The lowest BCUT2D eigenvalue weighted by molar-refractivity contribution is -0.129. The quantitative estimate of drug-likeness (QED) is 0.629. The van der Waals surface area contributed by atoms with Crippen LogP contribution in [0, 0.1) is 5.92 Å². The monoisotopic (exact) mass is 422 g/mol. The van der Waals surface area contributed by atoms with E-state index in [0.717, 1.165) is 17.7 Å². The van der Waals surface area contributed by atoms with E-state index in [2.05, 4.69) is 13.8 Å². The molecule has 7 nitrogen and oxygen atoms in total. The van der Waals surface area contributed by atoms with Crippen molar-refractivity contribution in [1.29, 1.82) is 0 Å². The van der Waals surface area contributed by atoms with Crippen LogP contribution in [-0.2, 0) is 9.53 Å². The fourth-order valence-electron chi connectivity index (χ4n) is 3.92. The van der Waals surface area contributed by atoms with Crippen molar-refractivity contribution >= 4 is 23.8 Å². The molecule has 0 N–H and O–H groups in total. The number of cyclic esters (lactones) is 1. The molecule has 2 fully saturated rings. The molecule has 2 amide bonds. The number of ether oxygens (including phenoxy) is 3. The van der Waals surface area contributed by atoms with Crippen LogP contribution in [0.25, 0.3) is 0 Å². The van der Waals surface area contributed by atoms with E-state index in [1.54, 1.807) is 14.2 Å². The lowest BCUT2D eigenvalue weighted by atomic mass is 9.98. The topological polar surface area (TPSA) is 68.3 Å². The predicted molar refractivity (Wildman–Crippen MR) is 112 cm³/mol. The van der Waals surface area contributed by atoms with E-state index >= 15 is 0 Å². The smallest absolute Gasteiger partial charge is 0.410 e. The van der Waals surface area contributed by atoms with Gasteiger partial charge in [-0.2, -0.15) is 0 Å². The summed E-state index contributed by atoms with van der Waals surface area (Å²) in [5, 5.41) is 0. The van der Waals surface area contributed by atoms with Gasteiger partial charge in [-0.3, -0.25) is 9.69 Å². The van der Waals surface area contributed by atoms with Crippen molar-refractivity contribution in [2.45, 2.75) is 43.7 Å². The summed E-state index contributed by atoms with van der Waals surface area (Å²) in [4.78, 5) is 29.6. The van der Waals surface area contributed by atoms with Gasteiger partial charge in [-0.15, -0.1) is 11.8 Å². The second-order valence-corrected chi connectivity index (χ2v) is 8.76. The van der Waals surface area contributed by atoms with Gasteiger partial charge < -0.3 is 19.1 Å². The molecule has 1 aromatic carbocycles. The van der Waals surface area contributed by atoms with Gasteiger partial charge in [-0.1, -0.05) is 13.8 Å². The molecule has 1 atom stereocenters. The highest BCUT2D eigenvalue weighted by atomic mass is 32.2. The Kier molecular flexibility index (Phi) is 7.16. The van der Waals surface area contributed by atoms with E-state index in [1.807, 2.05) is 28.0 Å². The molecule has 0 spiro atoms.